The summed E-state index contributed by atoms with van der Waals surface area (Å²) in [5.41, 5.74) is 0.683. The topological polar surface area (TPSA) is 104 Å². The zero-order chi connectivity index (χ0) is 18.7. The number of piperidine rings is 1. The van der Waals surface area contributed by atoms with Crippen molar-refractivity contribution in [1.29, 1.82) is 0 Å². The van der Waals surface area contributed by atoms with Gasteiger partial charge in [0, 0.05) is 19.6 Å². The van der Waals surface area contributed by atoms with Crippen LogP contribution < -0.4 is 5.32 Å². The number of hydrogen-bond acceptors (Lipinski definition) is 4. The summed E-state index contributed by atoms with van der Waals surface area (Å²) in [5, 5.41) is 11.8. The first-order chi connectivity index (χ1) is 12.4. The molecule has 0 bridgehead atoms. The van der Waals surface area contributed by atoms with Gasteiger partial charge < -0.3 is 10.4 Å². The molecule has 2 atom stereocenters. The lowest BCUT2D eigenvalue weighted by Gasteiger charge is -2.31. The highest BCUT2D eigenvalue weighted by Gasteiger charge is 2.41. The minimum Gasteiger partial charge on any atom is -0.481 e. The summed E-state index contributed by atoms with van der Waals surface area (Å²) in [4.78, 5) is 23.4. The molecule has 0 radical (unpaired) electrons. The molecule has 1 saturated carbocycles. The normalized spacial score (nSPS) is 23.8. The number of sulfonamides is 1. The maximum Gasteiger partial charge on any atom is 0.307 e. The molecule has 1 heterocycles. The summed E-state index contributed by atoms with van der Waals surface area (Å²) in [7, 11) is -3.51. The third-order valence-electron chi connectivity index (χ3n) is 5.25. The van der Waals surface area contributed by atoms with Gasteiger partial charge >= 0.3 is 5.97 Å². The number of amides is 1. The number of nitrogens with one attached hydrogen (secondary N) is 1. The minimum absolute atomic E-state index is 0.186. The molecule has 3 rings (SSSR count). The SMILES string of the molecule is O=C(O)C1CCC1C(=O)NCc1cccc(S(=O)(=O)N2CCCCC2)c1. The van der Waals surface area contributed by atoms with Gasteiger partial charge in [-0.2, -0.15) is 4.31 Å². The Kier molecular flexibility index (Phi) is 5.62. The van der Waals surface area contributed by atoms with E-state index in [9.17, 15) is 18.0 Å². The fraction of sp³-hybridized carbons (Fsp3) is 0.556. The molecule has 26 heavy (non-hydrogen) atoms. The van der Waals surface area contributed by atoms with Gasteiger partial charge in [0.1, 0.15) is 0 Å². The standard InChI is InChI=1S/C18H24N2O5S/c21-17(15-7-8-16(15)18(22)23)19-12-13-5-4-6-14(11-13)26(24,25)20-9-2-1-3-10-20/h4-6,11,15-16H,1-3,7-10,12H2,(H,19,21)(H,22,23). The summed E-state index contributed by atoms with van der Waals surface area (Å²) < 4.78 is 27.0. The molecule has 2 N–H and O–H groups in total. The predicted molar refractivity (Wildman–Crippen MR) is 94.7 cm³/mol. The van der Waals surface area contributed by atoms with Crippen LogP contribution in [-0.4, -0.2) is 42.8 Å². The second-order valence-electron chi connectivity index (χ2n) is 6.96. The summed E-state index contributed by atoms with van der Waals surface area (Å²) in [5.74, 6) is -2.33. The van der Waals surface area contributed by atoms with E-state index in [-0.39, 0.29) is 17.3 Å². The van der Waals surface area contributed by atoms with Crippen LogP contribution in [0.4, 0.5) is 0 Å². The van der Waals surface area contributed by atoms with Crippen molar-refractivity contribution in [3.63, 3.8) is 0 Å². The molecule has 1 aromatic carbocycles. The summed E-state index contributed by atoms with van der Waals surface area (Å²) in [6.45, 7) is 1.27. The average molecular weight is 380 g/mol. The number of carboxylic acids is 1. The molecule has 2 unspecified atom stereocenters. The van der Waals surface area contributed by atoms with Crippen molar-refractivity contribution in [3.8, 4) is 0 Å². The maximum atomic E-state index is 12.7. The van der Waals surface area contributed by atoms with Gasteiger partial charge in [-0.25, -0.2) is 8.42 Å². The smallest absolute Gasteiger partial charge is 0.307 e. The van der Waals surface area contributed by atoms with Crippen molar-refractivity contribution in [3.05, 3.63) is 29.8 Å². The number of rotatable bonds is 6. The number of benzene rings is 1. The van der Waals surface area contributed by atoms with Crippen LogP contribution in [0.2, 0.25) is 0 Å². The first-order valence-corrected chi connectivity index (χ1v) is 10.4. The van der Waals surface area contributed by atoms with Crippen LogP contribution in [0.25, 0.3) is 0 Å². The molecule has 7 nitrogen and oxygen atoms in total. The van der Waals surface area contributed by atoms with Crippen molar-refractivity contribution in [2.45, 2.75) is 43.5 Å². The number of aliphatic carboxylic acids is 1. The van der Waals surface area contributed by atoms with Gasteiger partial charge in [-0.3, -0.25) is 9.59 Å². The molecule has 1 aliphatic heterocycles. The van der Waals surface area contributed by atoms with Crippen LogP contribution in [0, 0.1) is 11.8 Å². The van der Waals surface area contributed by atoms with Crippen molar-refractivity contribution < 1.29 is 23.1 Å². The fourth-order valence-corrected chi connectivity index (χ4v) is 5.09. The second-order valence-corrected chi connectivity index (χ2v) is 8.90. The Labute approximate surface area is 153 Å². The van der Waals surface area contributed by atoms with Gasteiger partial charge in [0.15, 0.2) is 0 Å². The van der Waals surface area contributed by atoms with Crippen molar-refractivity contribution in [2.24, 2.45) is 11.8 Å². The van der Waals surface area contributed by atoms with Gasteiger partial charge in [0.2, 0.25) is 15.9 Å². The highest BCUT2D eigenvalue weighted by molar-refractivity contribution is 7.89. The highest BCUT2D eigenvalue weighted by Crippen LogP contribution is 2.34. The van der Waals surface area contributed by atoms with Crippen LogP contribution in [-0.2, 0) is 26.2 Å². The molecule has 0 spiro atoms. The third kappa shape index (κ3) is 3.91. The molecule has 2 fully saturated rings. The monoisotopic (exact) mass is 380 g/mol. The van der Waals surface area contributed by atoms with E-state index < -0.39 is 27.8 Å². The number of nitrogens with zero attached hydrogens (tertiary/aromatic N) is 1. The largest absolute Gasteiger partial charge is 0.481 e. The Bertz CT molecular complexity index is 787. The van der Waals surface area contributed by atoms with Crippen molar-refractivity contribution in [2.75, 3.05) is 13.1 Å². The lowest BCUT2D eigenvalue weighted by Crippen LogP contribution is -2.43. The minimum atomic E-state index is -3.51. The van der Waals surface area contributed by atoms with Crippen LogP contribution >= 0.6 is 0 Å². The molecular formula is C18H24N2O5S. The summed E-state index contributed by atoms with van der Waals surface area (Å²) in [6.07, 6.45) is 3.90. The van der Waals surface area contributed by atoms with E-state index >= 15 is 0 Å². The van der Waals surface area contributed by atoms with Crippen LogP contribution in [0.5, 0.6) is 0 Å². The molecule has 1 aliphatic carbocycles. The van der Waals surface area contributed by atoms with E-state index in [0.717, 1.165) is 19.3 Å². The second kappa shape index (κ2) is 7.75. The molecule has 0 aromatic heterocycles. The fourth-order valence-electron chi connectivity index (χ4n) is 3.50. The summed E-state index contributed by atoms with van der Waals surface area (Å²) in [6, 6.07) is 6.58. The van der Waals surface area contributed by atoms with Crippen LogP contribution in [0.3, 0.4) is 0 Å². The number of carbonyl (C=O) groups excluding carboxylic acids is 1. The van der Waals surface area contributed by atoms with Gasteiger partial charge in [-0.15, -0.1) is 0 Å². The number of carbonyl (C=O) groups is 2. The van der Waals surface area contributed by atoms with E-state index in [1.165, 1.54) is 4.31 Å². The number of hydrogen-bond donors (Lipinski definition) is 2. The first kappa shape index (κ1) is 18.8. The van der Waals surface area contributed by atoms with Crippen molar-refractivity contribution in [1.82, 2.24) is 9.62 Å². The quantitative estimate of drug-likeness (QED) is 0.780. The van der Waals surface area contributed by atoms with Gasteiger partial charge in [-0.05, 0) is 43.4 Å². The van der Waals surface area contributed by atoms with Gasteiger partial charge in [0.05, 0.1) is 16.7 Å². The summed E-state index contributed by atoms with van der Waals surface area (Å²) >= 11 is 0. The molecule has 2 aliphatic rings. The van der Waals surface area contributed by atoms with E-state index in [2.05, 4.69) is 5.32 Å². The zero-order valence-electron chi connectivity index (χ0n) is 14.6. The van der Waals surface area contributed by atoms with E-state index in [1.807, 2.05) is 0 Å². The predicted octanol–water partition coefficient (Wildman–Crippen LogP) is 1.59. The maximum absolute atomic E-state index is 12.7. The molecule has 1 amide bonds. The third-order valence-corrected chi connectivity index (χ3v) is 7.14. The Morgan fingerprint density at radius 3 is 2.42 bits per heavy atom. The Morgan fingerprint density at radius 2 is 1.81 bits per heavy atom. The molecular weight excluding hydrogens is 356 g/mol. The molecule has 1 aromatic rings. The molecule has 1 saturated heterocycles. The van der Waals surface area contributed by atoms with E-state index in [1.54, 1.807) is 24.3 Å². The van der Waals surface area contributed by atoms with Crippen LogP contribution in [0.15, 0.2) is 29.2 Å². The zero-order valence-corrected chi connectivity index (χ0v) is 15.4. The van der Waals surface area contributed by atoms with Gasteiger partial charge in [0.25, 0.3) is 0 Å². The average Bonchev–Trinajstić information content (AvgIpc) is 2.59. The van der Waals surface area contributed by atoms with E-state index in [4.69, 9.17) is 5.11 Å². The highest BCUT2D eigenvalue weighted by atomic mass is 32.2. The molecule has 8 heteroatoms. The van der Waals surface area contributed by atoms with Crippen LogP contribution in [0.1, 0.15) is 37.7 Å². The van der Waals surface area contributed by atoms with Gasteiger partial charge in [-0.1, -0.05) is 18.6 Å². The first-order valence-electron chi connectivity index (χ1n) is 8.99. The Morgan fingerprint density at radius 1 is 1.12 bits per heavy atom. The lowest BCUT2D eigenvalue weighted by atomic mass is 9.73. The molecule has 142 valence electrons. The Hall–Kier alpha value is -1.93. The van der Waals surface area contributed by atoms with E-state index in [0.29, 0.717) is 31.5 Å². The number of carboxylic acid groups (broad SMARTS) is 1. The lowest BCUT2D eigenvalue weighted by molar-refractivity contribution is -0.152. The Balaban J connectivity index is 1.64. The van der Waals surface area contributed by atoms with Crippen molar-refractivity contribution >= 4 is 21.9 Å².